The second kappa shape index (κ2) is 11.6. The molecule has 0 saturated carbocycles. The van der Waals surface area contributed by atoms with Gasteiger partial charge in [-0.3, -0.25) is 18.9 Å². The maximum atomic E-state index is 13.5. The molecule has 0 spiro atoms. The fraction of sp³-hybridized carbons (Fsp3) is 0.250. The van der Waals surface area contributed by atoms with Gasteiger partial charge in [0.25, 0.3) is 5.91 Å². The van der Waals surface area contributed by atoms with Gasteiger partial charge in [-0.25, -0.2) is 4.79 Å². The first kappa shape index (κ1) is 25.7. The third kappa shape index (κ3) is 5.98. The van der Waals surface area contributed by atoms with Crippen molar-refractivity contribution in [1.29, 1.82) is 0 Å². The van der Waals surface area contributed by atoms with Crippen LogP contribution < -0.4 is 15.4 Å². The molecule has 2 N–H and O–H groups in total. The Labute approximate surface area is 224 Å². The SMILES string of the molecule is COc1ccc([C@H](NC(=O)[C@@H]2CCCN2C(=O)OCc2ccccc2)C(=O)Nc2ccc3nncn3c2)cc1. The molecule has 11 nitrogen and oxygen atoms in total. The van der Waals surface area contributed by atoms with E-state index in [1.54, 1.807) is 54.1 Å². The third-order valence-electron chi connectivity index (χ3n) is 6.55. The first-order valence-corrected chi connectivity index (χ1v) is 12.5. The average Bonchev–Trinajstić information content (AvgIpc) is 3.65. The fourth-order valence-corrected chi connectivity index (χ4v) is 4.51. The van der Waals surface area contributed by atoms with Gasteiger partial charge in [0.15, 0.2) is 5.65 Å². The Bertz CT molecular complexity index is 1460. The molecule has 4 aromatic rings. The number of anilines is 1. The van der Waals surface area contributed by atoms with Crippen LogP contribution in [-0.2, 0) is 20.9 Å². The van der Waals surface area contributed by atoms with E-state index in [-0.39, 0.29) is 6.61 Å². The molecule has 1 aliphatic heterocycles. The number of benzene rings is 2. The number of methoxy groups -OCH3 is 1. The molecule has 0 unspecified atom stereocenters. The standard InChI is InChI=1S/C28H28N6O5/c1-38-22-12-9-20(10-13-22)25(27(36)30-21-11-14-24-32-29-18-33(24)16-21)31-26(35)23-8-5-15-34(23)28(37)39-17-19-6-3-2-4-7-19/h2-4,6-7,9-14,16,18,23,25H,5,8,15,17H2,1H3,(H,30,36)(H,31,35)/t23-,25-/m0/s1. The van der Waals surface area contributed by atoms with Crippen molar-refractivity contribution >= 4 is 29.2 Å². The van der Waals surface area contributed by atoms with E-state index >= 15 is 0 Å². The predicted molar refractivity (Wildman–Crippen MR) is 142 cm³/mol. The third-order valence-corrected chi connectivity index (χ3v) is 6.55. The largest absolute Gasteiger partial charge is 0.497 e. The van der Waals surface area contributed by atoms with Crippen molar-refractivity contribution in [3.63, 3.8) is 0 Å². The number of hydrogen-bond acceptors (Lipinski definition) is 7. The van der Waals surface area contributed by atoms with E-state index in [2.05, 4.69) is 20.8 Å². The van der Waals surface area contributed by atoms with Gasteiger partial charge in [-0.15, -0.1) is 10.2 Å². The van der Waals surface area contributed by atoms with Gasteiger partial charge >= 0.3 is 6.09 Å². The number of rotatable bonds is 8. The average molecular weight is 529 g/mol. The first-order chi connectivity index (χ1) is 19.0. The molecule has 1 aliphatic rings. The van der Waals surface area contributed by atoms with Crippen LogP contribution in [0.15, 0.2) is 79.3 Å². The molecule has 200 valence electrons. The van der Waals surface area contributed by atoms with E-state index < -0.39 is 30.0 Å². The van der Waals surface area contributed by atoms with Crippen molar-refractivity contribution < 1.29 is 23.9 Å². The zero-order valence-corrected chi connectivity index (χ0v) is 21.3. The number of hydrogen-bond donors (Lipinski definition) is 2. The number of pyridine rings is 1. The molecule has 3 heterocycles. The summed E-state index contributed by atoms with van der Waals surface area (Å²) in [6.07, 6.45) is 3.76. The molecule has 0 bridgehead atoms. The summed E-state index contributed by atoms with van der Waals surface area (Å²) in [4.78, 5) is 41.2. The van der Waals surface area contributed by atoms with Crippen LogP contribution in [0.2, 0.25) is 0 Å². The number of ether oxygens (including phenoxy) is 2. The quantitative estimate of drug-likeness (QED) is 0.359. The number of carbonyl (C=O) groups is 3. The van der Waals surface area contributed by atoms with Crippen LogP contribution in [0.1, 0.15) is 30.0 Å². The normalized spacial score (nSPS) is 15.5. The van der Waals surface area contributed by atoms with Crippen LogP contribution in [-0.4, -0.2) is 57.1 Å². The minimum atomic E-state index is -1.03. The molecule has 0 radical (unpaired) electrons. The van der Waals surface area contributed by atoms with Crippen LogP contribution in [0.5, 0.6) is 5.75 Å². The molecule has 2 aromatic carbocycles. The van der Waals surface area contributed by atoms with Crippen LogP contribution in [0.4, 0.5) is 10.5 Å². The van der Waals surface area contributed by atoms with Gasteiger partial charge in [-0.2, -0.15) is 0 Å². The lowest BCUT2D eigenvalue weighted by molar-refractivity contribution is -0.129. The lowest BCUT2D eigenvalue weighted by atomic mass is 10.0. The molecule has 2 aromatic heterocycles. The number of amides is 3. The van der Waals surface area contributed by atoms with Gasteiger partial charge in [-0.05, 0) is 48.2 Å². The second-order valence-corrected chi connectivity index (χ2v) is 9.11. The Morgan fingerprint density at radius 2 is 1.85 bits per heavy atom. The van der Waals surface area contributed by atoms with Crippen molar-refractivity contribution in [3.8, 4) is 5.75 Å². The molecular formula is C28H28N6O5. The summed E-state index contributed by atoms with van der Waals surface area (Å²) >= 11 is 0. The molecule has 3 amide bonds. The molecule has 39 heavy (non-hydrogen) atoms. The Hall–Kier alpha value is -4.93. The van der Waals surface area contributed by atoms with Gasteiger partial charge in [0.1, 0.15) is 30.8 Å². The minimum absolute atomic E-state index is 0.109. The number of fused-ring (bicyclic) bond motifs is 1. The number of likely N-dealkylation sites (tertiary alicyclic amines) is 1. The molecule has 2 atom stereocenters. The van der Waals surface area contributed by atoms with Crippen molar-refractivity contribution in [1.82, 2.24) is 24.8 Å². The number of carbonyl (C=O) groups excluding carboxylic acids is 3. The van der Waals surface area contributed by atoms with Gasteiger partial charge in [0.2, 0.25) is 5.91 Å². The van der Waals surface area contributed by atoms with Gasteiger partial charge in [0.05, 0.1) is 12.8 Å². The van der Waals surface area contributed by atoms with E-state index in [4.69, 9.17) is 9.47 Å². The monoisotopic (exact) mass is 528 g/mol. The number of nitrogens with zero attached hydrogens (tertiary/aromatic N) is 4. The fourth-order valence-electron chi connectivity index (χ4n) is 4.51. The van der Waals surface area contributed by atoms with E-state index in [0.29, 0.717) is 42.0 Å². The van der Waals surface area contributed by atoms with Crippen molar-refractivity contribution in [2.24, 2.45) is 0 Å². The summed E-state index contributed by atoms with van der Waals surface area (Å²) in [5, 5.41) is 13.5. The molecule has 0 aliphatic carbocycles. The topological polar surface area (TPSA) is 127 Å². The number of nitrogens with one attached hydrogen (secondary N) is 2. The summed E-state index contributed by atoms with van der Waals surface area (Å²) in [6.45, 7) is 0.502. The summed E-state index contributed by atoms with van der Waals surface area (Å²) in [5.41, 5.74) is 2.55. The van der Waals surface area contributed by atoms with Crippen LogP contribution >= 0.6 is 0 Å². The summed E-state index contributed by atoms with van der Waals surface area (Å²) in [7, 11) is 1.55. The van der Waals surface area contributed by atoms with Crippen LogP contribution in [0.3, 0.4) is 0 Å². The molecular weight excluding hydrogens is 500 g/mol. The van der Waals surface area contributed by atoms with Gasteiger partial charge < -0.3 is 20.1 Å². The predicted octanol–water partition coefficient (Wildman–Crippen LogP) is 3.34. The van der Waals surface area contributed by atoms with E-state index in [9.17, 15) is 14.4 Å². The highest BCUT2D eigenvalue weighted by Crippen LogP contribution is 2.23. The zero-order valence-electron chi connectivity index (χ0n) is 21.3. The highest BCUT2D eigenvalue weighted by molar-refractivity contribution is 5.99. The Morgan fingerprint density at radius 3 is 2.62 bits per heavy atom. The van der Waals surface area contributed by atoms with E-state index in [1.807, 2.05) is 30.3 Å². The van der Waals surface area contributed by atoms with Gasteiger partial charge in [-0.1, -0.05) is 42.5 Å². The first-order valence-electron chi connectivity index (χ1n) is 12.5. The van der Waals surface area contributed by atoms with Crippen molar-refractivity contribution in [2.45, 2.75) is 31.5 Å². The molecule has 5 rings (SSSR count). The lowest BCUT2D eigenvalue weighted by Crippen LogP contribution is -2.48. The molecule has 1 saturated heterocycles. The number of aromatic nitrogens is 3. The second-order valence-electron chi connectivity index (χ2n) is 9.11. The Kier molecular flexibility index (Phi) is 7.67. The summed E-state index contributed by atoms with van der Waals surface area (Å²) in [5.74, 6) is -0.267. The van der Waals surface area contributed by atoms with Gasteiger partial charge in [0, 0.05) is 12.7 Å². The molecule has 11 heteroatoms. The lowest BCUT2D eigenvalue weighted by Gasteiger charge is -2.26. The van der Waals surface area contributed by atoms with Crippen molar-refractivity contribution in [2.75, 3.05) is 19.0 Å². The summed E-state index contributed by atoms with van der Waals surface area (Å²) in [6, 6.07) is 17.8. The highest BCUT2D eigenvalue weighted by atomic mass is 16.6. The van der Waals surface area contributed by atoms with Crippen LogP contribution in [0.25, 0.3) is 5.65 Å². The Balaban J connectivity index is 1.31. The highest BCUT2D eigenvalue weighted by Gasteiger charge is 2.37. The maximum Gasteiger partial charge on any atom is 0.410 e. The van der Waals surface area contributed by atoms with E-state index in [0.717, 1.165) is 5.56 Å². The van der Waals surface area contributed by atoms with Crippen molar-refractivity contribution in [3.05, 3.63) is 90.4 Å². The Morgan fingerprint density at radius 1 is 1.05 bits per heavy atom. The minimum Gasteiger partial charge on any atom is -0.497 e. The zero-order chi connectivity index (χ0) is 27.2. The smallest absolute Gasteiger partial charge is 0.410 e. The van der Waals surface area contributed by atoms with Crippen LogP contribution in [0, 0.1) is 0 Å². The maximum absolute atomic E-state index is 13.5. The summed E-state index contributed by atoms with van der Waals surface area (Å²) < 4.78 is 12.4. The van der Waals surface area contributed by atoms with E-state index in [1.165, 1.54) is 11.2 Å². The molecule has 1 fully saturated rings.